The van der Waals surface area contributed by atoms with Crippen LogP contribution < -0.4 is 15.5 Å². The van der Waals surface area contributed by atoms with Gasteiger partial charge in [-0.3, -0.25) is 19.7 Å². The van der Waals surface area contributed by atoms with Crippen molar-refractivity contribution in [2.45, 2.75) is 0 Å². The molecule has 0 saturated heterocycles. The number of nitro groups is 1. The quantitative estimate of drug-likeness (QED) is 0.318. The maximum absolute atomic E-state index is 13.5. The first-order valence-electron chi connectivity index (χ1n) is 9.27. The highest BCUT2D eigenvalue weighted by Crippen LogP contribution is 2.14. The molecule has 0 aliphatic carbocycles. The van der Waals surface area contributed by atoms with Crippen molar-refractivity contribution in [2.24, 2.45) is 5.10 Å². The number of nitro benzene ring substituents is 1. The van der Waals surface area contributed by atoms with E-state index in [2.05, 4.69) is 15.8 Å². The van der Waals surface area contributed by atoms with Gasteiger partial charge in [0.2, 0.25) is 0 Å². The molecule has 0 aliphatic heterocycles. The van der Waals surface area contributed by atoms with Crippen molar-refractivity contribution >= 4 is 29.4 Å². The summed E-state index contributed by atoms with van der Waals surface area (Å²) >= 11 is 0. The average Bonchev–Trinajstić information content (AvgIpc) is 2.80. The zero-order chi connectivity index (χ0) is 22.9. The lowest BCUT2D eigenvalue weighted by Crippen LogP contribution is -2.20. The van der Waals surface area contributed by atoms with E-state index in [1.165, 1.54) is 48.7 Å². The van der Waals surface area contributed by atoms with Crippen molar-refractivity contribution in [1.29, 1.82) is 0 Å². The molecule has 10 heteroatoms. The number of hydrogen-bond donors (Lipinski definition) is 2. The Kier molecular flexibility index (Phi) is 7.20. The number of ether oxygens (including phenoxy) is 1. The van der Waals surface area contributed by atoms with Crippen molar-refractivity contribution in [1.82, 2.24) is 5.43 Å². The number of amides is 2. The summed E-state index contributed by atoms with van der Waals surface area (Å²) in [4.78, 5) is 34.0. The first-order chi connectivity index (χ1) is 15.4. The van der Waals surface area contributed by atoms with Gasteiger partial charge in [-0.05, 0) is 54.1 Å². The molecule has 0 bridgehead atoms. The number of hydrogen-bond acceptors (Lipinski definition) is 6. The fraction of sp³-hybridized carbons (Fsp3) is 0.0455. The van der Waals surface area contributed by atoms with Gasteiger partial charge in [0, 0.05) is 17.7 Å². The van der Waals surface area contributed by atoms with E-state index in [1.807, 2.05) is 0 Å². The molecule has 162 valence electrons. The fourth-order valence-corrected chi connectivity index (χ4v) is 2.51. The predicted octanol–water partition coefficient (Wildman–Crippen LogP) is 3.52. The predicted molar refractivity (Wildman–Crippen MR) is 115 cm³/mol. The van der Waals surface area contributed by atoms with Crippen molar-refractivity contribution < 1.29 is 23.6 Å². The van der Waals surface area contributed by atoms with Gasteiger partial charge in [-0.1, -0.05) is 12.1 Å². The first-order valence-corrected chi connectivity index (χ1v) is 9.27. The zero-order valence-electron chi connectivity index (χ0n) is 16.5. The van der Waals surface area contributed by atoms with E-state index in [4.69, 9.17) is 4.74 Å². The summed E-state index contributed by atoms with van der Waals surface area (Å²) in [5.41, 5.74) is 3.16. The molecule has 0 spiro atoms. The molecule has 0 unspecified atom stereocenters. The van der Waals surface area contributed by atoms with Crippen LogP contribution in [0, 0.1) is 15.9 Å². The minimum atomic E-state index is -0.553. The van der Waals surface area contributed by atoms with Crippen molar-refractivity contribution in [2.75, 3.05) is 11.9 Å². The molecule has 0 saturated carbocycles. The Morgan fingerprint density at radius 2 is 1.72 bits per heavy atom. The van der Waals surface area contributed by atoms with E-state index in [0.717, 1.165) is 0 Å². The van der Waals surface area contributed by atoms with Gasteiger partial charge in [-0.25, -0.2) is 9.82 Å². The summed E-state index contributed by atoms with van der Waals surface area (Å²) in [7, 11) is 0. The number of nitrogens with zero attached hydrogens (tertiary/aromatic N) is 2. The van der Waals surface area contributed by atoms with Gasteiger partial charge in [0.1, 0.15) is 11.6 Å². The van der Waals surface area contributed by atoms with E-state index in [9.17, 15) is 24.1 Å². The van der Waals surface area contributed by atoms with Crippen LogP contribution in [0.1, 0.15) is 15.9 Å². The number of para-hydroxylation sites is 1. The molecule has 3 aromatic carbocycles. The second-order valence-electron chi connectivity index (χ2n) is 6.39. The van der Waals surface area contributed by atoms with Crippen LogP contribution in [-0.2, 0) is 4.79 Å². The number of hydrazone groups is 1. The van der Waals surface area contributed by atoms with Gasteiger partial charge >= 0.3 is 0 Å². The third-order valence-corrected chi connectivity index (χ3v) is 4.12. The highest BCUT2D eigenvalue weighted by Gasteiger charge is 2.09. The molecule has 0 aliphatic rings. The number of carbonyl (C=O) groups excluding carboxylic acids is 2. The summed E-state index contributed by atoms with van der Waals surface area (Å²) in [6.45, 7) is -0.299. The Bertz CT molecular complexity index is 1150. The fourth-order valence-electron chi connectivity index (χ4n) is 2.51. The van der Waals surface area contributed by atoms with E-state index < -0.39 is 22.6 Å². The lowest BCUT2D eigenvalue weighted by Gasteiger charge is -2.08. The average molecular weight is 436 g/mol. The monoisotopic (exact) mass is 436 g/mol. The second-order valence-corrected chi connectivity index (χ2v) is 6.39. The van der Waals surface area contributed by atoms with Gasteiger partial charge in [-0.2, -0.15) is 5.10 Å². The molecule has 0 fully saturated rings. The molecule has 2 N–H and O–H groups in total. The largest absolute Gasteiger partial charge is 0.484 e. The number of anilines is 1. The Morgan fingerprint density at radius 1 is 1.03 bits per heavy atom. The Hall–Kier alpha value is -4.60. The number of halogens is 1. The SMILES string of the molecule is O=C(COc1ccc(/C=N/NC(=O)c2ccc([N+](=O)[O-])cc2)cc1)Nc1ccccc1F. The number of nitrogens with one attached hydrogen (secondary N) is 2. The molecule has 2 amide bonds. The molecule has 0 aromatic heterocycles. The van der Waals surface area contributed by atoms with Crippen LogP contribution in [0.2, 0.25) is 0 Å². The minimum absolute atomic E-state index is 0.0726. The van der Waals surface area contributed by atoms with Crippen LogP contribution in [-0.4, -0.2) is 29.6 Å². The maximum Gasteiger partial charge on any atom is 0.271 e. The normalized spacial score (nSPS) is 10.5. The smallest absolute Gasteiger partial charge is 0.271 e. The lowest BCUT2D eigenvalue weighted by molar-refractivity contribution is -0.384. The summed E-state index contributed by atoms with van der Waals surface area (Å²) in [6.07, 6.45) is 1.40. The van der Waals surface area contributed by atoms with Crippen LogP contribution in [0.25, 0.3) is 0 Å². The van der Waals surface area contributed by atoms with Crippen LogP contribution in [0.5, 0.6) is 5.75 Å². The lowest BCUT2D eigenvalue weighted by atomic mass is 10.2. The molecule has 3 aromatic rings. The summed E-state index contributed by atoms with van der Waals surface area (Å²) in [5, 5.41) is 16.9. The van der Waals surface area contributed by atoms with Gasteiger partial charge in [0.25, 0.3) is 17.5 Å². The van der Waals surface area contributed by atoms with Gasteiger partial charge < -0.3 is 10.1 Å². The van der Waals surface area contributed by atoms with E-state index in [-0.39, 0.29) is 23.5 Å². The number of benzene rings is 3. The minimum Gasteiger partial charge on any atom is -0.484 e. The Labute approximate surface area is 181 Å². The van der Waals surface area contributed by atoms with Gasteiger partial charge in [0.05, 0.1) is 16.8 Å². The van der Waals surface area contributed by atoms with E-state index >= 15 is 0 Å². The topological polar surface area (TPSA) is 123 Å². The van der Waals surface area contributed by atoms with Gasteiger partial charge in [0.15, 0.2) is 6.61 Å². The molecular weight excluding hydrogens is 419 g/mol. The highest BCUT2D eigenvalue weighted by molar-refractivity contribution is 5.95. The molecular formula is C22H17FN4O5. The molecule has 3 rings (SSSR count). The molecule has 9 nitrogen and oxygen atoms in total. The molecule has 32 heavy (non-hydrogen) atoms. The number of rotatable bonds is 8. The zero-order valence-corrected chi connectivity index (χ0v) is 16.5. The van der Waals surface area contributed by atoms with Crippen LogP contribution in [0.3, 0.4) is 0 Å². The van der Waals surface area contributed by atoms with Crippen molar-refractivity contribution in [3.05, 3.63) is 99.9 Å². The van der Waals surface area contributed by atoms with Crippen LogP contribution in [0.15, 0.2) is 77.9 Å². The highest BCUT2D eigenvalue weighted by atomic mass is 19.1. The number of carbonyl (C=O) groups is 2. The first kappa shape index (κ1) is 22.1. The summed E-state index contributed by atoms with van der Waals surface area (Å²) in [5.74, 6) is -1.14. The van der Waals surface area contributed by atoms with Crippen LogP contribution in [0.4, 0.5) is 15.8 Å². The second kappa shape index (κ2) is 10.4. The molecule has 0 radical (unpaired) electrons. The standard InChI is InChI=1S/C22H17FN4O5/c23-19-3-1-2-4-20(19)25-21(28)14-32-18-11-5-15(6-12-18)13-24-26-22(29)16-7-9-17(10-8-16)27(30)31/h1-13H,14H2,(H,25,28)(H,26,29)/b24-13+. The van der Waals surface area contributed by atoms with Gasteiger partial charge in [-0.15, -0.1) is 0 Å². The van der Waals surface area contributed by atoms with Crippen LogP contribution >= 0.6 is 0 Å². The summed E-state index contributed by atoms with van der Waals surface area (Å²) in [6, 6.07) is 17.5. The molecule has 0 heterocycles. The Morgan fingerprint density at radius 3 is 2.38 bits per heavy atom. The number of non-ortho nitro benzene ring substituents is 1. The van der Waals surface area contributed by atoms with E-state index in [0.29, 0.717) is 11.3 Å². The molecule has 0 atom stereocenters. The summed E-state index contributed by atoms with van der Waals surface area (Å²) < 4.78 is 18.9. The van der Waals surface area contributed by atoms with E-state index in [1.54, 1.807) is 30.3 Å². The maximum atomic E-state index is 13.5. The van der Waals surface area contributed by atoms with Crippen molar-refractivity contribution in [3.63, 3.8) is 0 Å². The Balaban J connectivity index is 1.47. The third-order valence-electron chi connectivity index (χ3n) is 4.12. The third kappa shape index (κ3) is 6.20. The van der Waals surface area contributed by atoms with Crippen molar-refractivity contribution in [3.8, 4) is 5.75 Å².